The van der Waals surface area contributed by atoms with Crippen LogP contribution in [0.5, 0.6) is 0 Å². The van der Waals surface area contributed by atoms with E-state index in [0.29, 0.717) is 18.7 Å². The van der Waals surface area contributed by atoms with E-state index in [1.165, 1.54) is 0 Å². The predicted octanol–water partition coefficient (Wildman–Crippen LogP) is 3.28. The largest absolute Gasteiger partial charge is 0.478 e. The molecule has 0 spiro atoms. The highest BCUT2D eigenvalue weighted by Crippen LogP contribution is 2.24. The van der Waals surface area contributed by atoms with E-state index in [2.05, 4.69) is 10.2 Å². The second kappa shape index (κ2) is 8.38. The lowest BCUT2D eigenvalue weighted by Crippen LogP contribution is -2.45. The maximum absolute atomic E-state index is 12.0. The van der Waals surface area contributed by atoms with Gasteiger partial charge in [-0.2, -0.15) is 0 Å². The van der Waals surface area contributed by atoms with Gasteiger partial charge in [0.2, 0.25) is 0 Å². The molecule has 6 heteroatoms. The number of carboxylic acids is 1. The molecule has 2 aromatic rings. The maximum Gasteiger partial charge on any atom is 0.407 e. The monoisotopic (exact) mass is 354 g/mol. The fraction of sp³-hybridized carbons (Fsp3) is 0.300. The predicted molar refractivity (Wildman–Crippen MR) is 98.4 cm³/mol. The zero-order chi connectivity index (χ0) is 18.4. The zero-order valence-corrected chi connectivity index (χ0v) is 14.4. The number of aromatic carboxylic acids is 1. The number of para-hydroxylation sites is 1. The number of ether oxygens (including phenoxy) is 1. The Kier molecular flexibility index (Phi) is 5.73. The van der Waals surface area contributed by atoms with Crippen LogP contribution in [0.15, 0.2) is 54.6 Å². The van der Waals surface area contributed by atoms with Crippen LogP contribution in [-0.2, 0) is 11.3 Å². The topological polar surface area (TPSA) is 78.9 Å². The Hall–Kier alpha value is -3.02. The second-order valence-electron chi connectivity index (χ2n) is 6.29. The van der Waals surface area contributed by atoms with Gasteiger partial charge < -0.3 is 20.1 Å². The molecular formula is C20H22N2O4. The van der Waals surface area contributed by atoms with Crippen LogP contribution in [0.4, 0.5) is 10.5 Å². The van der Waals surface area contributed by atoms with Gasteiger partial charge in [-0.15, -0.1) is 0 Å². The summed E-state index contributed by atoms with van der Waals surface area (Å²) in [6.45, 7) is 1.62. The zero-order valence-electron chi connectivity index (χ0n) is 14.4. The van der Waals surface area contributed by atoms with E-state index in [9.17, 15) is 14.7 Å². The summed E-state index contributed by atoms with van der Waals surface area (Å²) in [7, 11) is 0. The van der Waals surface area contributed by atoms with Crippen LogP contribution < -0.4 is 10.2 Å². The van der Waals surface area contributed by atoms with Gasteiger partial charge >= 0.3 is 12.1 Å². The summed E-state index contributed by atoms with van der Waals surface area (Å²) in [5, 5.41) is 12.2. The molecule has 0 atom stereocenters. The van der Waals surface area contributed by atoms with E-state index < -0.39 is 12.1 Å². The van der Waals surface area contributed by atoms with Crippen LogP contribution in [-0.4, -0.2) is 36.3 Å². The molecule has 1 fully saturated rings. The van der Waals surface area contributed by atoms with Gasteiger partial charge in [0.05, 0.1) is 11.3 Å². The number of hydrogen-bond donors (Lipinski definition) is 2. The molecule has 0 bridgehead atoms. The van der Waals surface area contributed by atoms with Gasteiger partial charge in [0.1, 0.15) is 6.61 Å². The van der Waals surface area contributed by atoms with Crippen molar-refractivity contribution in [2.45, 2.75) is 25.5 Å². The highest BCUT2D eigenvalue weighted by molar-refractivity contribution is 5.94. The highest BCUT2D eigenvalue weighted by Gasteiger charge is 2.23. The number of hydrogen-bond acceptors (Lipinski definition) is 4. The number of carboxylic acid groups (broad SMARTS) is 1. The SMILES string of the molecule is O=C(NC1CCN(c2ccccc2C(=O)O)CC1)OCc1ccccc1. The molecule has 1 aliphatic rings. The number of benzene rings is 2. The molecule has 1 aliphatic heterocycles. The molecule has 0 saturated carbocycles. The van der Waals surface area contributed by atoms with Crippen molar-refractivity contribution in [2.75, 3.05) is 18.0 Å². The van der Waals surface area contributed by atoms with Crippen molar-refractivity contribution in [3.63, 3.8) is 0 Å². The summed E-state index contributed by atoms with van der Waals surface area (Å²) in [6.07, 6.45) is 1.07. The molecule has 1 heterocycles. The van der Waals surface area contributed by atoms with Crippen molar-refractivity contribution in [2.24, 2.45) is 0 Å². The first-order valence-corrected chi connectivity index (χ1v) is 8.68. The number of carbonyl (C=O) groups excluding carboxylic acids is 1. The molecule has 136 valence electrons. The number of rotatable bonds is 5. The van der Waals surface area contributed by atoms with Gasteiger partial charge in [-0.25, -0.2) is 9.59 Å². The summed E-state index contributed by atoms with van der Waals surface area (Å²) < 4.78 is 5.25. The minimum Gasteiger partial charge on any atom is -0.478 e. The average molecular weight is 354 g/mol. The molecule has 0 radical (unpaired) electrons. The molecule has 3 rings (SSSR count). The van der Waals surface area contributed by atoms with Gasteiger partial charge in [-0.1, -0.05) is 42.5 Å². The smallest absolute Gasteiger partial charge is 0.407 e. The Bertz CT molecular complexity index is 755. The molecule has 0 aliphatic carbocycles. The van der Waals surface area contributed by atoms with Gasteiger partial charge in [0, 0.05) is 19.1 Å². The van der Waals surface area contributed by atoms with Crippen molar-refractivity contribution < 1.29 is 19.4 Å². The highest BCUT2D eigenvalue weighted by atomic mass is 16.5. The fourth-order valence-electron chi connectivity index (χ4n) is 3.13. The molecule has 26 heavy (non-hydrogen) atoms. The lowest BCUT2D eigenvalue weighted by atomic mass is 10.0. The van der Waals surface area contributed by atoms with E-state index in [4.69, 9.17) is 4.74 Å². The average Bonchev–Trinajstić information content (AvgIpc) is 2.68. The molecule has 1 saturated heterocycles. The van der Waals surface area contributed by atoms with Gasteiger partial charge in [0.25, 0.3) is 0 Å². The lowest BCUT2D eigenvalue weighted by molar-refractivity contribution is 0.0697. The van der Waals surface area contributed by atoms with E-state index in [0.717, 1.165) is 24.1 Å². The third-order valence-corrected chi connectivity index (χ3v) is 4.50. The summed E-state index contributed by atoms with van der Waals surface area (Å²) >= 11 is 0. The first kappa shape index (κ1) is 17.8. The van der Waals surface area contributed by atoms with Crippen LogP contribution in [0.2, 0.25) is 0 Å². The van der Waals surface area contributed by atoms with Crippen molar-refractivity contribution >= 4 is 17.7 Å². The third kappa shape index (κ3) is 4.53. The fourth-order valence-corrected chi connectivity index (χ4v) is 3.13. The van der Waals surface area contributed by atoms with Gasteiger partial charge in [0.15, 0.2) is 0 Å². The van der Waals surface area contributed by atoms with Crippen LogP contribution in [0.25, 0.3) is 0 Å². The second-order valence-corrected chi connectivity index (χ2v) is 6.29. The molecule has 0 aromatic heterocycles. The van der Waals surface area contributed by atoms with Crippen molar-refractivity contribution in [1.82, 2.24) is 5.32 Å². The van der Waals surface area contributed by atoms with Gasteiger partial charge in [-0.3, -0.25) is 0 Å². The number of nitrogens with zero attached hydrogens (tertiary/aromatic N) is 1. The third-order valence-electron chi connectivity index (χ3n) is 4.50. The molecule has 1 amide bonds. The van der Waals surface area contributed by atoms with Gasteiger partial charge in [-0.05, 0) is 30.5 Å². The number of piperidine rings is 1. The van der Waals surface area contributed by atoms with Crippen LogP contribution in [0.3, 0.4) is 0 Å². The van der Waals surface area contributed by atoms with E-state index in [1.54, 1.807) is 12.1 Å². The Labute approximate surface area is 152 Å². The minimum atomic E-state index is -0.926. The Morgan fingerprint density at radius 1 is 1.04 bits per heavy atom. The van der Waals surface area contributed by atoms with Crippen molar-refractivity contribution in [3.05, 3.63) is 65.7 Å². The number of anilines is 1. The minimum absolute atomic E-state index is 0.0338. The lowest BCUT2D eigenvalue weighted by Gasteiger charge is -2.34. The van der Waals surface area contributed by atoms with E-state index in [1.807, 2.05) is 42.5 Å². The standard InChI is InChI=1S/C20H22N2O4/c23-19(24)17-8-4-5-9-18(17)22-12-10-16(11-13-22)21-20(25)26-14-15-6-2-1-3-7-15/h1-9,16H,10-14H2,(H,21,25)(H,23,24). The van der Waals surface area contributed by atoms with Crippen LogP contribution >= 0.6 is 0 Å². The Morgan fingerprint density at radius 2 is 1.69 bits per heavy atom. The van der Waals surface area contributed by atoms with Crippen molar-refractivity contribution in [3.8, 4) is 0 Å². The maximum atomic E-state index is 12.0. The molecule has 6 nitrogen and oxygen atoms in total. The summed E-state index contributed by atoms with van der Waals surface area (Å²) in [6, 6.07) is 16.6. The summed E-state index contributed by atoms with van der Waals surface area (Å²) in [4.78, 5) is 25.4. The summed E-state index contributed by atoms with van der Waals surface area (Å²) in [5.74, 6) is -0.926. The number of alkyl carbamates (subject to hydrolysis) is 1. The number of nitrogens with one attached hydrogen (secondary N) is 1. The summed E-state index contributed by atoms with van der Waals surface area (Å²) in [5.41, 5.74) is 1.98. The number of amides is 1. The quantitative estimate of drug-likeness (QED) is 0.861. The molecule has 0 unspecified atom stereocenters. The molecular weight excluding hydrogens is 332 g/mol. The van der Waals surface area contributed by atoms with Crippen LogP contribution in [0, 0.1) is 0 Å². The normalized spacial score (nSPS) is 14.7. The van der Waals surface area contributed by atoms with Crippen molar-refractivity contribution in [1.29, 1.82) is 0 Å². The number of carbonyl (C=O) groups is 2. The Morgan fingerprint density at radius 3 is 2.38 bits per heavy atom. The first-order chi connectivity index (χ1) is 12.6. The van der Waals surface area contributed by atoms with Crippen LogP contribution in [0.1, 0.15) is 28.8 Å². The van der Waals surface area contributed by atoms with E-state index >= 15 is 0 Å². The Balaban J connectivity index is 1.48. The first-order valence-electron chi connectivity index (χ1n) is 8.68. The molecule has 2 aromatic carbocycles. The van der Waals surface area contributed by atoms with E-state index in [-0.39, 0.29) is 12.6 Å². The molecule has 2 N–H and O–H groups in total.